The summed E-state index contributed by atoms with van der Waals surface area (Å²) in [6.07, 6.45) is 10.1. The minimum Gasteiger partial charge on any atom is -0.354 e. The van der Waals surface area contributed by atoms with Crippen LogP contribution in [0.5, 0.6) is 0 Å². The number of carbonyl (C=O) groups is 1. The van der Waals surface area contributed by atoms with Crippen molar-refractivity contribution in [2.24, 2.45) is 0 Å². The molecule has 0 saturated heterocycles. The highest BCUT2D eigenvalue weighted by Crippen LogP contribution is 2.24. The summed E-state index contributed by atoms with van der Waals surface area (Å²) in [5.41, 5.74) is 4.77. The first-order chi connectivity index (χ1) is 14.7. The Morgan fingerprint density at radius 2 is 1.63 bits per heavy atom. The molecule has 3 rings (SSSR count). The number of pyridine rings is 1. The van der Waals surface area contributed by atoms with Gasteiger partial charge in [-0.2, -0.15) is 0 Å². The molecular weight excluding hydrogens is 368 g/mol. The molecule has 1 heterocycles. The van der Waals surface area contributed by atoms with Crippen molar-refractivity contribution in [3.8, 4) is 0 Å². The van der Waals surface area contributed by atoms with Gasteiger partial charge >= 0.3 is 0 Å². The molecular formula is C27H30N2O. The van der Waals surface area contributed by atoms with Gasteiger partial charge in [-0.3, -0.25) is 9.78 Å². The zero-order valence-corrected chi connectivity index (χ0v) is 17.6. The zero-order chi connectivity index (χ0) is 21.0. The monoisotopic (exact) mass is 398 g/mol. The van der Waals surface area contributed by atoms with Crippen LogP contribution in [-0.4, -0.2) is 16.9 Å². The van der Waals surface area contributed by atoms with E-state index in [1.165, 1.54) is 22.3 Å². The van der Waals surface area contributed by atoms with Gasteiger partial charge in [0, 0.05) is 24.9 Å². The Balaban J connectivity index is 1.49. The lowest BCUT2D eigenvalue weighted by Crippen LogP contribution is -2.32. The molecule has 1 amide bonds. The number of hydrogen-bond acceptors (Lipinski definition) is 2. The lowest BCUT2D eigenvalue weighted by molar-refractivity contribution is -0.121. The van der Waals surface area contributed by atoms with Crippen molar-refractivity contribution in [1.29, 1.82) is 0 Å². The van der Waals surface area contributed by atoms with E-state index in [0.29, 0.717) is 12.8 Å². The van der Waals surface area contributed by atoms with Crippen molar-refractivity contribution in [2.45, 2.75) is 45.1 Å². The molecule has 3 aromatic rings. The number of nitrogens with zero attached hydrogens (tertiary/aromatic N) is 1. The third kappa shape index (κ3) is 7.00. The van der Waals surface area contributed by atoms with Crippen LogP contribution in [0, 0.1) is 0 Å². The Hall–Kier alpha value is -3.20. The van der Waals surface area contributed by atoms with Crippen LogP contribution in [0.15, 0.2) is 91.3 Å². The van der Waals surface area contributed by atoms with E-state index in [9.17, 15) is 4.79 Å². The maximum atomic E-state index is 12.4. The molecule has 154 valence electrons. The summed E-state index contributed by atoms with van der Waals surface area (Å²) in [6, 6.07) is 24.9. The van der Waals surface area contributed by atoms with Gasteiger partial charge in [-0.05, 0) is 60.9 Å². The summed E-state index contributed by atoms with van der Waals surface area (Å²) >= 11 is 0. The molecule has 0 aliphatic rings. The van der Waals surface area contributed by atoms with Crippen molar-refractivity contribution < 1.29 is 4.79 Å². The molecule has 1 atom stereocenters. The van der Waals surface area contributed by atoms with Crippen LogP contribution in [0.3, 0.4) is 0 Å². The quantitative estimate of drug-likeness (QED) is 0.467. The molecule has 0 aliphatic heterocycles. The summed E-state index contributed by atoms with van der Waals surface area (Å²) in [5.74, 6) is 0.112. The Labute approximate surface area is 179 Å². The van der Waals surface area contributed by atoms with Crippen LogP contribution in [0.4, 0.5) is 0 Å². The van der Waals surface area contributed by atoms with E-state index in [1.807, 2.05) is 48.7 Å². The van der Waals surface area contributed by atoms with E-state index in [2.05, 4.69) is 53.6 Å². The molecule has 1 aromatic heterocycles. The van der Waals surface area contributed by atoms with E-state index >= 15 is 0 Å². The number of aromatic nitrogens is 1. The average Bonchev–Trinajstić information content (AvgIpc) is 2.78. The van der Waals surface area contributed by atoms with Crippen molar-refractivity contribution in [3.05, 3.63) is 108 Å². The molecule has 0 fully saturated rings. The topological polar surface area (TPSA) is 42.0 Å². The molecule has 0 radical (unpaired) electrons. The Morgan fingerprint density at radius 3 is 2.23 bits per heavy atom. The maximum absolute atomic E-state index is 12.4. The largest absolute Gasteiger partial charge is 0.354 e. The first kappa shape index (κ1) is 21.5. The highest BCUT2D eigenvalue weighted by Gasteiger charge is 2.08. The molecule has 3 nitrogen and oxygen atoms in total. The molecule has 0 spiro atoms. The van der Waals surface area contributed by atoms with Crippen molar-refractivity contribution >= 4 is 11.5 Å². The highest BCUT2D eigenvalue weighted by molar-refractivity contribution is 5.81. The third-order valence-electron chi connectivity index (χ3n) is 5.12. The highest BCUT2D eigenvalue weighted by atomic mass is 16.1. The number of benzene rings is 2. The SMILES string of the molecule is C[C@H](CCCc1cccnc1)NC(=O)CCC=C(c1ccccc1)c1ccccc1. The molecule has 1 N–H and O–H groups in total. The van der Waals surface area contributed by atoms with Crippen LogP contribution in [0.1, 0.15) is 49.3 Å². The number of nitrogens with one attached hydrogen (secondary N) is 1. The Morgan fingerprint density at radius 1 is 0.967 bits per heavy atom. The Kier molecular flexibility index (Phi) is 8.40. The summed E-state index contributed by atoms with van der Waals surface area (Å²) in [4.78, 5) is 16.5. The fraction of sp³-hybridized carbons (Fsp3) is 0.259. The summed E-state index contributed by atoms with van der Waals surface area (Å²) < 4.78 is 0. The summed E-state index contributed by atoms with van der Waals surface area (Å²) in [6.45, 7) is 2.08. The molecule has 0 unspecified atom stereocenters. The van der Waals surface area contributed by atoms with Gasteiger partial charge in [0.25, 0.3) is 0 Å². The normalized spacial score (nSPS) is 11.5. The second kappa shape index (κ2) is 11.7. The van der Waals surface area contributed by atoms with Gasteiger partial charge in [0.2, 0.25) is 5.91 Å². The van der Waals surface area contributed by atoms with E-state index in [0.717, 1.165) is 19.3 Å². The lowest BCUT2D eigenvalue weighted by Gasteiger charge is -2.14. The van der Waals surface area contributed by atoms with Gasteiger partial charge in [0.05, 0.1) is 0 Å². The number of allylic oxidation sites excluding steroid dienone is 1. The third-order valence-corrected chi connectivity index (χ3v) is 5.12. The molecule has 0 bridgehead atoms. The van der Waals surface area contributed by atoms with Gasteiger partial charge in [-0.15, -0.1) is 0 Å². The molecule has 30 heavy (non-hydrogen) atoms. The van der Waals surface area contributed by atoms with E-state index in [4.69, 9.17) is 0 Å². The predicted octanol–water partition coefficient (Wildman–Crippen LogP) is 5.82. The standard InChI is InChI=1S/C27H30N2O/c1-22(11-8-12-23-13-10-20-28-21-23)29-27(30)19-9-18-26(24-14-4-2-5-15-24)25-16-6-3-7-17-25/h2-7,10,13-18,20-22H,8-9,11-12,19H2,1H3,(H,29,30)/t22-/m1/s1. The van der Waals surface area contributed by atoms with E-state index in [1.54, 1.807) is 6.20 Å². The first-order valence-electron chi connectivity index (χ1n) is 10.7. The van der Waals surface area contributed by atoms with E-state index < -0.39 is 0 Å². The first-order valence-corrected chi connectivity index (χ1v) is 10.7. The van der Waals surface area contributed by atoms with Crippen LogP contribution in [-0.2, 0) is 11.2 Å². The van der Waals surface area contributed by atoms with Gasteiger partial charge in [-0.1, -0.05) is 72.8 Å². The number of aryl methyl sites for hydroxylation is 1. The van der Waals surface area contributed by atoms with Crippen molar-refractivity contribution in [2.75, 3.05) is 0 Å². The number of carbonyl (C=O) groups excluding carboxylic acids is 1. The van der Waals surface area contributed by atoms with E-state index in [-0.39, 0.29) is 11.9 Å². The lowest BCUT2D eigenvalue weighted by atomic mass is 9.96. The van der Waals surface area contributed by atoms with Crippen molar-refractivity contribution in [1.82, 2.24) is 10.3 Å². The van der Waals surface area contributed by atoms with Crippen LogP contribution in [0.2, 0.25) is 0 Å². The summed E-state index contributed by atoms with van der Waals surface area (Å²) in [5, 5.41) is 3.14. The number of rotatable bonds is 10. The smallest absolute Gasteiger partial charge is 0.220 e. The van der Waals surface area contributed by atoms with Gasteiger partial charge in [-0.25, -0.2) is 0 Å². The van der Waals surface area contributed by atoms with Gasteiger partial charge in [0.15, 0.2) is 0 Å². The van der Waals surface area contributed by atoms with Crippen LogP contribution < -0.4 is 5.32 Å². The van der Waals surface area contributed by atoms with Crippen LogP contribution in [0.25, 0.3) is 5.57 Å². The molecule has 3 heteroatoms. The molecule has 0 saturated carbocycles. The number of hydrogen-bond donors (Lipinski definition) is 1. The zero-order valence-electron chi connectivity index (χ0n) is 17.6. The summed E-state index contributed by atoms with van der Waals surface area (Å²) in [7, 11) is 0. The number of amides is 1. The fourth-order valence-corrected chi connectivity index (χ4v) is 3.56. The predicted molar refractivity (Wildman–Crippen MR) is 124 cm³/mol. The van der Waals surface area contributed by atoms with Gasteiger partial charge in [0.1, 0.15) is 0 Å². The minimum atomic E-state index is 0.112. The minimum absolute atomic E-state index is 0.112. The van der Waals surface area contributed by atoms with Crippen LogP contribution >= 0.6 is 0 Å². The average molecular weight is 399 g/mol. The maximum Gasteiger partial charge on any atom is 0.220 e. The second-order valence-corrected chi connectivity index (χ2v) is 7.61. The van der Waals surface area contributed by atoms with Gasteiger partial charge < -0.3 is 5.32 Å². The fourth-order valence-electron chi connectivity index (χ4n) is 3.56. The molecule has 2 aromatic carbocycles. The van der Waals surface area contributed by atoms with Crippen molar-refractivity contribution in [3.63, 3.8) is 0 Å². The second-order valence-electron chi connectivity index (χ2n) is 7.61. The Bertz CT molecular complexity index is 879. The molecule has 0 aliphatic carbocycles.